The number of para-hydroxylation sites is 1. The van der Waals surface area contributed by atoms with Crippen LogP contribution in [0.5, 0.6) is 0 Å². The third-order valence-corrected chi connectivity index (χ3v) is 4.51. The Morgan fingerprint density at radius 2 is 2.09 bits per heavy atom. The maximum absolute atomic E-state index is 12.7. The van der Waals surface area contributed by atoms with E-state index in [0.717, 1.165) is 31.5 Å². The van der Waals surface area contributed by atoms with E-state index in [2.05, 4.69) is 11.4 Å². The fraction of sp³-hybridized carbons (Fsp3) is 0.529. The topological polar surface area (TPSA) is 52.7 Å². The highest BCUT2D eigenvalue weighted by Crippen LogP contribution is 2.28. The van der Waals surface area contributed by atoms with Crippen molar-refractivity contribution in [3.05, 3.63) is 29.8 Å². The van der Waals surface area contributed by atoms with E-state index >= 15 is 0 Å². The largest absolute Gasteiger partial charge is 0.352 e. The number of benzene rings is 1. The molecule has 1 N–H and O–H groups in total. The molecule has 1 aromatic rings. The first kappa shape index (κ1) is 15.0. The fourth-order valence-electron chi connectivity index (χ4n) is 2.85. The van der Waals surface area contributed by atoms with E-state index < -0.39 is 0 Å². The van der Waals surface area contributed by atoms with Crippen molar-refractivity contribution in [3.8, 4) is 0 Å². The van der Waals surface area contributed by atoms with Crippen molar-refractivity contribution in [1.29, 1.82) is 0 Å². The second kappa shape index (κ2) is 6.08. The van der Waals surface area contributed by atoms with E-state index in [0.29, 0.717) is 6.04 Å². The molecule has 118 valence electrons. The average Bonchev–Trinajstić information content (AvgIpc) is 3.21. The van der Waals surface area contributed by atoms with E-state index in [-0.39, 0.29) is 24.4 Å². The number of anilines is 1. The third kappa shape index (κ3) is 3.14. The Hall–Kier alpha value is -1.88. The molecule has 1 aliphatic heterocycles. The Kier molecular flexibility index (Phi) is 4.16. The van der Waals surface area contributed by atoms with E-state index in [4.69, 9.17) is 0 Å². The first-order valence-corrected chi connectivity index (χ1v) is 7.95. The maximum Gasteiger partial charge on any atom is 0.244 e. The first-order chi connectivity index (χ1) is 10.6. The molecule has 2 aliphatic rings. The quantitative estimate of drug-likeness (QED) is 0.888. The van der Waals surface area contributed by atoms with Gasteiger partial charge in [0, 0.05) is 18.3 Å². The number of hydrogen-bond donors (Lipinski definition) is 1. The zero-order valence-corrected chi connectivity index (χ0v) is 13.2. The Morgan fingerprint density at radius 3 is 2.82 bits per heavy atom. The summed E-state index contributed by atoms with van der Waals surface area (Å²) >= 11 is 0. The monoisotopic (exact) mass is 301 g/mol. The highest BCUT2D eigenvalue weighted by molar-refractivity contribution is 5.99. The third-order valence-electron chi connectivity index (χ3n) is 4.51. The van der Waals surface area contributed by atoms with Crippen LogP contribution in [0, 0.1) is 0 Å². The van der Waals surface area contributed by atoms with E-state index in [1.165, 1.54) is 5.56 Å². The lowest BCUT2D eigenvalue weighted by molar-refractivity contribution is -0.126. The van der Waals surface area contributed by atoms with Crippen LogP contribution < -0.4 is 10.2 Å². The number of hydrogen-bond acceptors (Lipinski definition) is 3. The van der Waals surface area contributed by atoms with E-state index in [1.54, 1.807) is 0 Å². The van der Waals surface area contributed by atoms with Gasteiger partial charge in [0.2, 0.25) is 11.8 Å². The summed E-state index contributed by atoms with van der Waals surface area (Å²) in [4.78, 5) is 28.3. The van der Waals surface area contributed by atoms with Crippen molar-refractivity contribution < 1.29 is 9.59 Å². The second-order valence-electron chi connectivity index (χ2n) is 6.30. The lowest BCUT2D eigenvalue weighted by Crippen LogP contribution is -2.48. The SMILES string of the molecule is C[C@H](C(=O)N1CCc2ccccc21)N(C)CC(=O)NC1CC1. The molecule has 22 heavy (non-hydrogen) atoms. The zero-order valence-electron chi connectivity index (χ0n) is 13.2. The molecule has 1 atom stereocenters. The van der Waals surface area contributed by atoms with Gasteiger partial charge in [-0.2, -0.15) is 0 Å². The van der Waals surface area contributed by atoms with Gasteiger partial charge >= 0.3 is 0 Å². The molecule has 1 saturated carbocycles. The standard InChI is InChI=1S/C17H23N3O2/c1-12(19(2)11-16(21)18-14-7-8-14)17(22)20-10-9-13-5-3-4-6-15(13)20/h3-6,12,14H,7-11H2,1-2H3,(H,18,21)/t12-/m1/s1. The fourth-order valence-corrected chi connectivity index (χ4v) is 2.85. The summed E-state index contributed by atoms with van der Waals surface area (Å²) in [6.07, 6.45) is 3.06. The summed E-state index contributed by atoms with van der Waals surface area (Å²) in [5.74, 6) is 0.0677. The van der Waals surface area contributed by atoms with Gasteiger partial charge in [-0.1, -0.05) is 18.2 Å². The molecule has 3 rings (SSSR count). The summed E-state index contributed by atoms with van der Waals surface area (Å²) in [7, 11) is 1.83. The van der Waals surface area contributed by atoms with Gasteiger partial charge in [-0.3, -0.25) is 14.5 Å². The van der Waals surface area contributed by atoms with E-state index in [1.807, 2.05) is 42.0 Å². The normalized spacial score (nSPS) is 18.2. The van der Waals surface area contributed by atoms with Crippen molar-refractivity contribution in [2.24, 2.45) is 0 Å². The van der Waals surface area contributed by atoms with Crippen molar-refractivity contribution in [3.63, 3.8) is 0 Å². The molecule has 5 heteroatoms. The number of fused-ring (bicyclic) bond motifs is 1. The van der Waals surface area contributed by atoms with Gasteiger partial charge < -0.3 is 10.2 Å². The van der Waals surface area contributed by atoms with Crippen molar-refractivity contribution in [2.45, 2.75) is 38.3 Å². The molecular weight excluding hydrogens is 278 g/mol. The highest BCUT2D eigenvalue weighted by atomic mass is 16.2. The number of amides is 2. The highest BCUT2D eigenvalue weighted by Gasteiger charge is 2.31. The minimum absolute atomic E-state index is 0.00599. The van der Waals surface area contributed by atoms with Gasteiger partial charge in [0.25, 0.3) is 0 Å². The van der Waals surface area contributed by atoms with Crippen LogP contribution in [0.15, 0.2) is 24.3 Å². The number of carbonyl (C=O) groups is 2. The molecule has 5 nitrogen and oxygen atoms in total. The number of likely N-dealkylation sites (N-methyl/N-ethyl adjacent to an activating group) is 1. The molecule has 0 radical (unpaired) electrons. The molecule has 2 amide bonds. The predicted octanol–water partition coefficient (Wildman–Crippen LogP) is 1.17. The molecule has 1 aliphatic carbocycles. The van der Waals surface area contributed by atoms with Crippen LogP contribution in [-0.2, 0) is 16.0 Å². The summed E-state index contributed by atoms with van der Waals surface area (Å²) in [6, 6.07) is 8.08. The van der Waals surface area contributed by atoms with Gasteiger partial charge in [-0.15, -0.1) is 0 Å². The molecule has 0 spiro atoms. The lowest BCUT2D eigenvalue weighted by Gasteiger charge is -2.28. The Bertz CT molecular complexity index is 583. The van der Waals surface area contributed by atoms with Gasteiger partial charge in [0.05, 0.1) is 12.6 Å². The van der Waals surface area contributed by atoms with Crippen molar-refractivity contribution in [2.75, 3.05) is 25.0 Å². The van der Waals surface area contributed by atoms with Crippen molar-refractivity contribution >= 4 is 17.5 Å². The number of nitrogens with one attached hydrogen (secondary N) is 1. The molecule has 0 saturated heterocycles. The van der Waals surface area contributed by atoms with E-state index in [9.17, 15) is 9.59 Å². The number of carbonyl (C=O) groups excluding carboxylic acids is 2. The first-order valence-electron chi connectivity index (χ1n) is 7.95. The van der Waals surface area contributed by atoms with Gasteiger partial charge in [0.15, 0.2) is 0 Å². The molecule has 1 fully saturated rings. The Morgan fingerprint density at radius 1 is 1.36 bits per heavy atom. The molecular formula is C17H23N3O2. The molecule has 1 aromatic carbocycles. The smallest absolute Gasteiger partial charge is 0.244 e. The molecule has 1 heterocycles. The number of nitrogens with zero attached hydrogens (tertiary/aromatic N) is 2. The summed E-state index contributed by atoms with van der Waals surface area (Å²) < 4.78 is 0. The number of rotatable bonds is 5. The lowest BCUT2D eigenvalue weighted by atomic mass is 10.2. The summed E-state index contributed by atoms with van der Waals surface area (Å²) in [5, 5.41) is 2.96. The van der Waals surface area contributed by atoms with Crippen LogP contribution in [-0.4, -0.2) is 48.9 Å². The average molecular weight is 301 g/mol. The predicted molar refractivity (Wildman–Crippen MR) is 85.8 cm³/mol. The molecule has 0 unspecified atom stereocenters. The van der Waals surface area contributed by atoms with Crippen LogP contribution in [0.4, 0.5) is 5.69 Å². The zero-order chi connectivity index (χ0) is 15.7. The second-order valence-corrected chi connectivity index (χ2v) is 6.30. The maximum atomic E-state index is 12.7. The Labute approximate surface area is 131 Å². The van der Waals surface area contributed by atoms with Crippen LogP contribution in [0.25, 0.3) is 0 Å². The van der Waals surface area contributed by atoms with Crippen LogP contribution >= 0.6 is 0 Å². The van der Waals surface area contributed by atoms with Crippen LogP contribution in [0.1, 0.15) is 25.3 Å². The molecule has 0 bridgehead atoms. The van der Waals surface area contributed by atoms with Gasteiger partial charge in [-0.25, -0.2) is 0 Å². The van der Waals surface area contributed by atoms with Gasteiger partial charge in [0.1, 0.15) is 0 Å². The van der Waals surface area contributed by atoms with Crippen LogP contribution in [0.3, 0.4) is 0 Å². The van der Waals surface area contributed by atoms with Gasteiger partial charge in [-0.05, 0) is 44.9 Å². The minimum atomic E-state index is -0.309. The summed E-state index contributed by atoms with van der Waals surface area (Å²) in [5.41, 5.74) is 2.23. The minimum Gasteiger partial charge on any atom is -0.352 e. The summed E-state index contributed by atoms with van der Waals surface area (Å²) in [6.45, 7) is 2.86. The Balaban J connectivity index is 1.60. The van der Waals surface area contributed by atoms with Crippen molar-refractivity contribution in [1.82, 2.24) is 10.2 Å². The molecule has 0 aromatic heterocycles. The van der Waals surface area contributed by atoms with Crippen LogP contribution in [0.2, 0.25) is 0 Å².